The Morgan fingerprint density at radius 3 is 2.86 bits per heavy atom. The molecule has 1 amide bonds. The molecular formula is C10H11N3O. The second-order valence-corrected chi connectivity index (χ2v) is 2.48. The van der Waals surface area contributed by atoms with Gasteiger partial charge in [-0.15, -0.1) is 0 Å². The second-order valence-electron chi connectivity index (χ2n) is 2.48. The molecule has 1 rings (SSSR count). The summed E-state index contributed by atoms with van der Waals surface area (Å²) in [6.07, 6.45) is 8.18. The number of hydrazone groups is 1. The maximum absolute atomic E-state index is 11.3. The highest BCUT2D eigenvalue weighted by Gasteiger charge is 2.00. The average Bonchev–Trinajstić information content (AvgIpc) is 2.25. The molecule has 0 unspecified atom stereocenters. The van der Waals surface area contributed by atoms with Crippen molar-refractivity contribution < 1.29 is 4.79 Å². The Hall–Kier alpha value is -1.97. The summed E-state index contributed by atoms with van der Waals surface area (Å²) in [6, 6.07) is 3.25. The van der Waals surface area contributed by atoms with Crippen molar-refractivity contribution in [2.45, 2.75) is 6.92 Å². The lowest BCUT2D eigenvalue weighted by Crippen LogP contribution is -2.17. The lowest BCUT2D eigenvalue weighted by Gasteiger charge is -1.96. The van der Waals surface area contributed by atoms with Crippen LogP contribution in [0.2, 0.25) is 0 Å². The molecule has 1 aromatic heterocycles. The van der Waals surface area contributed by atoms with Crippen LogP contribution < -0.4 is 5.43 Å². The lowest BCUT2D eigenvalue weighted by molar-refractivity contribution is 0.0955. The van der Waals surface area contributed by atoms with Crippen molar-refractivity contribution >= 4 is 12.1 Å². The Labute approximate surface area is 82.4 Å². The fourth-order valence-corrected chi connectivity index (χ4v) is 0.793. The molecule has 1 heterocycles. The first-order chi connectivity index (χ1) is 6.84. The van der Waals surface area contributed by atoms with Gasteiger partial charge in [0.15, 0.2) is 0 Å². The third-order valence-corrected chi connectivity index (χ3v) is 1.46. The van der Waals surface area contributed by atoms with E-state index in [1.54, 1.807) is 30.6 Å². The molecule has 4 nitrogen and oxygen atoms in total. The van der Waals surface area contributed by atoms with Gasteiger partial charge >= 0.3 is 0 Å². The van der Waals surface area contributed by atoms with Crippen LogP contribution in [0.1, 0.15) is 17.3 Å². The molecule has 0 radical (unpaired) electrons. The van der Waals surface area contributed by atoms with Gasteiger partial charge in [-0.2, -0.15) is 5.10 Å². The van der Waals surface area contributed by atoms with Crippen LogP contribution in [0.4, 0.5) is 0 Å². The van der Waals surface area contributed by atoms with Crippen molar-refractivity contribution in [3.63, 3.8) is 0 Å². The van der Waals surface area contributed by atoms with Crippen LogP contribution in [-0.4, -0.2) is 17.1 Å². The molecule has 4 heteroatoms. The van der Waals surface area contributed by atoms with E-state index >= 15 is 0 Å². The van der Waals surface area contributed by atoms with E-state index in [1.165, 1.54) is 6.21 Å². The zero-order valence-corrected chi connectivity index (χ0v) is 7.84. The minimum Gasteiger partial charge on any atom is -0.267 e. The molecule has 0 bridgehead atoms. The molecule has 0 aromatic carbocycles. The van der Waals surface area contributed by atoms with Gasteiger partial charge in [-0.1, -0.05) is 6.08 Å². The van der Waals surface area contributed by atoms with Crippen LogP contribution in [0.15, 0.2) is 41.8 Å². The number of aromatic nitrogens is 1. The maximum Gasteiger partial charge on any atom is 0.271 e. The molecule has 1 N–H and O–H groups in total. The van der Waals surface area contributed by atoms with E-state index in [0.717, 1.165) is 0 Å². The van der Waals surface area contributed by atoms with E-state index in [4.69, 9.17) is 0 Å². The summed E-state index contributed by atoms with van der Waals surface area (Å²) in [4.78, 5) is 15.1. The van der Waals surface area contributed by atoms with Crippen LogP contribution in [-0.2, 0) is 0 Å². The monoisotopic (exact) mass is 189 g/mol. The van der Waals surface area contributed by atoms with Crippen molar-refractivity contribution in [3.05, 3.63) is 42.2 Å². The highest BCUT2D eigenvalue weighted by atomic mass is 16.2. The van der Waals surface area contributed by atoms with Gasteiger partial charge in [0.2, 0.25) is 0 Å². The Bertz CT molecular complexity index is 344. The van der Waals surface area contributed by atoms with Gasteiger partial charge in [-0.25, -0.2) is 5.43 Å². The molecule has 0 fully saturated rings. The van der Waals surface area contributed by atoms with Crippen LogP contribution in [0.25, 0.3) is 0 Å². The van der Waals surface area contributed by atoms with Gasteiger partial charge in [0, 0.05) is 24.2 Å². The maximum atomic E-state index is 11.3. The summed E-state index contributed by atoms with van der Waals surface area (Å²) < 4.78 is 0. The number of rotatable bonds is 3. The second kappa shape index (κ2) is 5.64. The number of carbonyl (C=O) groups excluding carboxylic acids is 1. The topological polar surface area (TPSA) is 54.4 Å². The van der Waals surface area contributed by atoms with E-state index in [9.17, 15) is 4.79 Å². The van der Waals surface area contributed by atoms with Crippen LogP contribution >= 0.6 is 0 Å². The zero-order valence-electron chi connectivity index (χ0n) is 7.84. The molecular weight excluding hydrogens is 178 g/mol. The average molecular weight is 189 g/mol. The first-order valence-corrected chi connectivity index (χ1v) is 4.19. The molecule has 0 spiro atoms. The number of nitrogens with one attached hydrogen (secondary N) is 1. The highest BCUT2D eigenvalue weighted by molar-refractivity contribution is 5.94. The number of pyridine rings is 1. The summed E-state index contributed by atoms with van der Waals surface area (Å²) in [6.45, 7) is 1.87. The SMILES string of the molecule is C/C=C/C=N/NC(=O)c1ccncc1. The predicted molar refractivity (Wildman–Crippen MR) is 55.0 cm³/mol. The normalized spacial score (nSPS) is 10.9. The predicted octanol–water partition coefficient (Wildman–Crippen LogP) is 1.37. The quantitative estimate of drug-likeness (QED) is 0.576. The van der Waals surface area contributed by atoms with Gasteiger partial charge < -0.3 is 0 Å². The summed E-state index contributed by atoms with van der Waals surface area (Å²) in [5, 5.41) is 3.71. The van der Waals surface area contributed by atoms with Gasteiger partial charge in [-0.05, 0) is 25.1 Å². The number of amides is 1. The van der Waals surface area contributed by atoms with Crippen LogP contribution in [0.3, 0.4) is 0 Å². The van der Waals surface area contributed by atoms with Crippen molar-refractivity contribution in [1.29, 1.82) is 0 Å². The third kappa shape index (κ3) is 3.18. The first kappa shape index (κ1) is 10.1. The number of hydrogen-bond donors (Lipinski definition) is 1. The molecule has 0 aliphatic carbocycles. The van der Waals surface area contributed by atoms with E-state index in [2.05, 4.69) is 15.5 Å². The number of nitrogens with zero attached hydrogens (tertiary/aromatic N) is 2. The molecule has 0 saturated heterocycles. The lowest BCUT2D eigenvalue weighted by atomic mass is 10.3. The number of hydrogen-bond acceptors (Lipinski definition) is 3. The standard InChI is InChI=1S/C10H11N3O/c1-2-3-6-12-13-10(14)9-4-7-11-8-5-9/h2-8H,1H3,(H,13,14)/b3-2+,12-6+. The molecule has 1 aromatic rings. The van der Waals surface area contributed by atoms with Crippen LogP contribution in [0, 0.1) is 0 Å². The van der Waals surface area contributed by atoms with Crippen molar-refractivity contribution in [2.75, 3.05) is 0 Å². The fraction of sp³-hybridized carbons (Fsp3) is 0.100. The Morgan fingerprint density at radius 2 is 2.21 bits per heavy atom. The largest absolute Gasteiger partial charge is 0.271 e. The van der Waals surface area contributed by atoms with Crippen molar-refractivity contribution in [3.8, 4) is 0 Å². The van der Waals surface area contributed by atoms with Gasteiger partial charge in [0.05, 0.1) is 0 Å². The molecule has 0 aliphatic heterocycles. The molecule has 0 atom stereocenters. The third-order valence-electron chi connectivity index (χ3n) is 1.46. The fourth-order valence-electron chi connectivity index (χ4n) is 0.793. The molecule has 72 valence electrons. The van der Waals surface area contributed by atoms with E-state index in [-0.39, 0.29) is 5.91 Å². The summed E-state index contributed by atoms with van der Waals surface area (Å²) >= 11 is 0. The summed E-state index contributed by atoms with van der Waals surface area (Å²) in [5.74, 6) is -0.242. The highest BCUT2D eigenvalue weighted by Crippen LogP contribution is 1.94. The Balaban J connectivity index is 2.52. The van der Waals surface area contributed by atoms with E-state index in [0.29, 0.717) is 5.56 Å². The number of carbonyl (C=O) groups is 1. The van der Waals surface area contributed by atoms with Gasteiger partial charge in [0.25, 0.3) is 5.91 Å². The van der Waals surface area contributed by atoms with Gasteiger partial charge in [-0.3, -0.25) is 9.78 Å². The molecule has 14 heavy (non-hydrogen) atoms. The Morgan fingerprint density at radius 1 is 1.50 bits per heavy atom. The molecule has 0 aliphatic rings. The van der Waals surface area contributed by atoms with E-state index < -0.39 is 0 Å². The van der Waals surface area contributed by atoms with Gasteiger partial charge in [0.1, 0.15) is 0 Å². The summed E-state index contributed by atoms with van der Waals surface area (Å²) in [7, 11) is 0. The van der Waals surface area contributed by atoms with Crippen molar-refractivity contribution in [2.24, 2.45) is 5.10 Å². The summed E-state index contributed by atoms with van der Waals surface area (Å²) in [5.41, 5.74) is 2.92. The smallest absolute Gasteiger partial charge is 0.267 e. The molecule has 0 saturated carbocycles. The first-order valence-electron chi connectivity index (χ1n) is 4.19. The Kier molecular flexibility index (Phi) is 4.07. The van der Waals surface area contributed by atoms with E-state index in [1.807, 2.05) is 13.0 Å². The minimum atomic E-state index is -0.242. The van der Waals surface area contributed by atoms with Crippen molar-refractivity contribution in [1.82, 2.24) is 10.4 Å². The number of allylic oxidation sites excluding steroid dienone is 2. The zero-order chi connectivity index (χ0) is 10.2. The minimum absolute atomic E-state index is 0.242. The van der Waals surface area contributed by atoms with Crippen LogP contribution in [0.5, 0.6) is 0 Å².